The summed E-state index contributed by atoms with van der Waals surface area (Å²) < 4.78 is 13.0. The van der Waals surface area contributed by atoms with E-state index in [4.69, 9.17) is 17.3 Å². The topological polar surface area (TPSA) is 72.2 Å². The van der Waals surface area contributed by atoms with Crippen LogP contribution in [0.15, 0.2) is 51.8 Å². The maximum absolute atomic E-state index is 12.2. The van der Waals surface area contributed by atoms with Crippen molar-refractivity contribution in [2.45, 2.75) is 4.90 Å². The molecule has 0 fully saturated rings. The number of nitrogen functional groups attached to an aromatic ring is 1. The highest BCUT2D eigenvalue weighted by Crippen LogP contribution is 2.21. The first-order valence-corrected chi connectivity index (χ1v) is 8.43. The van der Waals surface area contributed by atoms with Crippen molar-refractivity contribution in [1.82, 2.24) is 0 Å². The average Bonchev–Trinajstić information content (AvgIpc) is 2.38. The fourth-order valence-electron chi connectivity index (χ4n) is 1.69. The van der Waals surface area contributed by atoms with Crippen molar-refractivity contribution in [2.24, 2.45) is 0 Å². The van der Waals surface area contributed by atoms with Crippen LogP contribution in [0.3, 0.4) is 0 Å². The zero-order chi connectivity index (χ0) is 15.4. The lowest BCUT2D eigenvalue weighted by Gasteiger charge is -2.07. The van der Waals surface area contributed by atoms with Gasteiger partial charge in [-0.1, -0.05) is 33.6 Å². The second-order valence-electron chi connectivity index (χ2n) is 4.23. The molecule has 0 aliphatic heterocycles. The van der Waals surface area contributed by atoms with Crippen LogP contribution in [0.25, 0.3) is 0 Å². The molecule has 0 aliphatic rings. The lowest BCUT2D eigenvalue weighted by atomic mass is 10.3. The van der Waals surface area contributed by atoms with E-state index in [1.807, 2.05) is 6.07 Å². The van der Waals surface area contributed by atoms with Crippen LogP contribution in [0.5, 0.6) is 0 Å². The van der Waals surface area contributed by atoms with Crippen molar-refractivity contribution >= 4 is 55.6 Å². The molecule has 3 N–H and O–H groups in total. The fraction of sp³-hybridized carbons (Fsp3) is 0.0714. The number of carbonyl (C=O) groups is 1. The van der Waals surface area contributed by atoms with Gasteiger partial charge >= 0.3 is 0 Å². The summed E-state index contributed by atoms with van der Waals surface area (Å²) in [5, 5.41) is 3.15. The van der Waals surface area contributed by atoms with Gasteiger partial charge in [0.15, 0.2) is 0 Å². The van der Waals surface area contributed by atoms with Crippen molar-refractivity contribution in [2.75, 3.05) is 16.8 Å². The molecule has 0 aromatic heterocycles. The van der Waals surface area contributed by atoms with E-state index in [2.05, 4.69) is 21.2 Å². The van der Waals surface area contributed by atoms with Crippen LogP contribution in [0.4, 0.5) is 11.4 Å². The molecule has 0 radical (unpaired) electrons. The molecule has 2 aromatic rings. The Morgan fingerprint density at radius 2 is 2.05 bits per heavy atom. The molecule has 0 saturated carbocycles. The van der Waals surface area contributed by atoms with Gasteiger partial charge in [0.1, 0.15) is 5.75 Å². The normalized spacial score (nSPS) is 11.9. The summed E-state index contributed by atoms with van der Waals surface area (Å²) in [4.78, 5) is 12.3. The molecule has 0 spiro atoms. The Hall–Kier alpha value is -1.37. The summed E-state index contributed by atoms with van der Waals surface area (Å²) in [6, 6.07) is 11.8. The van der Waals surface area contributed by atoms with Crippen LogP contribution < -0.4 is 11.1 Å². The number of rotatable bonds is 4. The molecule has 0 saturated heterocycles. The smallest absolute Gasteiger partial charge is 0.237 e. The molecule has 110 valence electrons. The molecule has 1 amide bonds. The number of benzene rings is 2. The van der Waals surface area contributed by atoms with Gasteiger partial charge in [0.25, 0.3) is 0 Å². The Kier molecular flexibility index (Phi) is 5.39. The summed E-state index contributed by atoms with van der Waals surface area (Å²) in [5.74, 6) is -0.515. The van der Waals surface area contributed by atoms with Crippen molar-refractivity contribution in [3.63, 3.8) is 0 Å². The molecule has 21 heavy (non-hydrogen) atoms. The van der Waals surface area contributed by atoms with E-state index >= 15 is 0 Å². The number of nitrogens with two attached hydrogens (primary N) is 1. The highest BCUT2D eigenvalue weighted by Gasteiger charge is 2.13. The van der Waals surface area contributed by atoms with Gasteiger partial charge in [-0.2, -0.15) is 0 Å². The number of hydrogen-bond acceptors (Lipinski definition) is 3. The fourth-order valence-corrected chi connectivity index (χ4v) is 3.27. The summed E-state index contributed by atoms with van der Waals surface area (Å²) >= 11 is 9.10. The number of carbonyl (C=O) groups excluding carboxylic acids is 1. The van der Waals surface area contributed by atoms with Crippen molar-refractivity contribution in [3.05, 3.63) is 52.0 Å². The summed E-state index contributed by atoms with van der Waals surface area (Å²) in [5.41, 5.74) is 6.71. The van der Waals surface area contributed by atoms with Gasteiger partial charge in [0.2, 0.25) is 5.91 Å². The van der Waals surface area contributed by atoms with E-state index in [9.17, 15) is 9.00 Å². The Balaban J connectivity index is 2.04. The maximum atomic E-state index is 12.2. The Labute approximate surface area is 138 Å². The summed E-state index contributed by atoms with van der Waals surface area (Å²) in [6.07, 6.45) is 0. The van der Waals surface area contributed by atoms with Crippen LogP contribution in [-0.2, 0) is 15.6 Å². The number of anilines is 2. The molecule has 7 heteroatoms. The van der Waals surface area contributed by atoms with Crippen molar-refractivity contribution in [1.29, 1.82) is 0 Å². The van der Waals surface area contributed by atoms with Crippen LogP contribution in [0.2, 0.25) is 5.02 Å². The first kappa shape index (κ1) is 16.0. The number of halogens is 2. The number of amides is 1. The lowest BCUT2D eigenvalue weighted by Crippen LogP contribution is -2.20. The van der Waals surface area contributed by atoms with E-state index in [0.29, 0.717) is 21.3 Å². The first-order chi connectivity index (χ1) is 9.95. The molecular formula is C14H12BrClN2O2S. The maximum Gasteiger partial charge on any atom is 0.237 e. The molecular weight excluding hydrogens is 376 g/mol. The molecule has 1 atom stereocenters. The van der Waals surface area contributed by atoms with Gasteiger partial charge in [0.05, 0.1) is 15.7 Å². The van der Waals surface area contributed by atoms with Crippen molar-refractivity contribution in [3.8, 4) is 0 Å². The second kappa shape index (κ2) is 7.06. The highest BCUT2D eigenvalue weighted by molar-refractivity contribution is 9.10. The zero-order valence-electron chi connectivity index (χ0n) is 10.8. The molecule has 2 rings (SSSR count). The Morgan fingerprint density at radius 3 is 2.71 bits per heavy atom. The number of nitrogens with one attached hydrogen (secondary N) is 1. The second-order valence-corrected chi connectivity index (χ2v) is 7.00. The third-order valence-corrected chi connectivity index (χ3v) is 4.70. The van der Waals surface area contributed by atoms with Gasteiger partial charge < -0.3 is 11.1 Å². The van der Waals surface area contributed by atoms with Gasteiger partial charge in [0, 0.05) is 20.9 Å². The molecule has 0 heterocycles. The summed E-state index contributed by atoms with van der Waals surface area (Å²) in [7, 11) is -1.52. The minimum absolute atomic E-state index is 0.168. The van der Waals surface area contributed by atoms with Gasteiger partial charge in [-0.3, -0.25) is 9.00 Å². The third-order valence-electron chi connectivity index (χ3n) is 2.59. The van der Waals surface area contributed by atoms with Gasteiger partial charge in [-0.15, -0.1) is 0 Å². The molecule has 1 unspecified atom stereocenters. The van der Waals surface area contributed by atoms with Crippen LogP contribution >= 0.6 is 27.5 Å². The molecule has 2 aromatic carbocycles. The van der Waals surface area contributed by atoms with Crippen LogP contribution in [0.1, 0.15) is 0 Å². The van der Waals surface area contributed by atoms with E-state index in [0.717, 1.165) is 4.47 Å². The minimum Gasteiger partial charge on any atom is -0.398 e. The Morgan fingerprint density at radius 1 is 1.29 bits per heavy atom. The predicted octanol–water partition coefficient (Wildman–Crippen LogP) is 3.43. The molecule has 4 nitrogen and oxygen atoms in total. The van der Waals surface area contributed by atoms with E-state index in [-0.39, 0.29) is 11.7 Å². The van der Waals surface area contributed by atoms with Gasteiger partial charge in [-0.05, 0) is 36.4 Å². The van der Waals surface area contributed by atoms with E-state index in [1.165, 1.54) is 6.07 Å². The standard InChI is InChI=1S/C14H12BrClN2O2S/c15-9-2-1-3-11(6-9)18-14(19)8-21(20)13-5-4-10(16)7-12(13)17/h1-7H,8,17H2,(H,18,19). The zero-order valence-corrected chi connectivity index (χ0v) is 14.0. The molecule has 0 bridgehead atoms. The monoisotopic (exact) mass is 386 g/mol. The molecule has 0 aliphatic carbocycles. The van der Waals surface area contributed by atoms with E-state index in [1.54, 1.807) is 30.3 Å². The van der Waals surface area contributed by atoms with E-state index < -0.39 is 10.8 Å². The third kappa shape index (κ3) is 4.56. The number of hydrogen-bond donors (Lipinski definition) is 2. The SMILES string of the molecule is Nc1cc(Cl)ccc1S(=O)CC(=O)Nc1cccc(Br)c1. The first-order valence-electron chi connectivity index (χ1n) is 5.94. The van der Waals surface area contributed by atoms with Crippen molar-refractivity contribution < 1.29 is 9.00 Å². The Bertz CT molecular complexity index is 709. The average molecular weight is 388 g/mol. The quantitative estimate of drug-likeness (QED) is 0.789. The van der Waals surface area contributed by atoms with Crippen LogP contribution in [-0.4, -0.2) is 15.9 Å². The highest BCUT2D eigenvalue weighted by atomic mass is 79.9. The largest absolute Gasteiger partial charge is 0.398 e. The van der Waals surface area contributed by atoms with Gasteiger partial charge in [-0.25, -0.2) is 0 Å². The van der Waals surface area contributed by atoms with Crippen LogP contribution in [0, 0.1) is 0 Å². The lowest BCUT2D eigenvalue weighted by molar-refractivity contribution is -0.113. The summed E-state index contributed by atoms with van der Waals surface area (Å²) in [6.45, 7) is 0. The minimum atomic E-state index is -1.52. The predicted molar refractivity (Wildman–Crippen MR) is 89.9 cm³/mol.